The van der Waals surface area contributed by atoms with Gasteiger partial charge in [0.1, 0.15) is 0 Å². The van der Waals surface area contributed by atoms with Gasteiger partial charge in [0, 0.05) is 30.2 Å². The maximum Gasteiger partial charge on any atom is 0.234 e. The van der Waals surface area contributed by atoms with Gasteiger partial charge in [0.05, 0.1) is 6.54 Å². The van der Waals surface area contributed by atoms with Gasteiger partial charge in [0.25, 0.3) is 0 Å². The lowest BCUT2D eigenvalue weighted by molar-refractivity contribution is -0.120. The number of carbonyl (C=O) groups excluding carboxylic acids is 1. The standard InChI is InChI=1S/C16H24N4O/c1-20(2)10-9-18-16(21)12-17-8-7-13-11-19-15-6-4-3-5-14(13)15/h3-6,11,17,19H,7-10,12H2,1-2H3,(H,18,21). The van der Waals surface area contributed by atoms with Gasteiger partial charge >= 0.3 is 0 Å². The van der Waals surface area contributed by atoms with Crippen LogP contribution < -0.4 is 10.6 Å². The van der Waals surface area contributed by atoms with Crippen molar-refractivity contribution in [1.82, 2.24) is 20.5 Å². The molecule has 2 rings (SSSR count). The van der Waals surface area contributed by atoms with E-state index in [0.717, 1.165) is 25.0 Å². The van der Waals surface area contributed by atoms with Crippen LogP contribution in [0.15, 0.2) is 30.5 Å². The fourth-order valence-electron chi connectivity index (χ4n) is 2.24. The van der Waals surface area contributed by atoms with Crippen LogP contribution in [0.3, 0.4) is 0 Å². The van der Waals surface area contributed by atoms with Gasteiger partial charge in [-0.2, -0.15) is 0 Å². The summed E-state index contributed by atoms with van der Waals surface area (Å²) in [6, 6.07) is 8.27. The number of para-hydroxylation sites is 1. The molecule has 3 N–H and O–H groups in total. The average molecular weight is 288 g/mol. The predicted molar refractivity (Wildman–Crippen MR) is 86.4 cm³/mol. The summed E-state index contributed by atoms with van der Waals surface area (Å²) in [5, 5.41) is 7.33. The molecule has 5 nitrogen and oxygen atoms in total. The van der Waals surface area contributed by atoms with Crippen LogP contribution in [0, 0.1) is 0 Å². The van der Waals surface area contributed by atoms with Crippen molar-refractivity contribution in [2.45, 2.75) is 6.42 Å². The molecular weight excluding hydrogens is 264 g/mol. The topological polar surface area (TPSA) is 60.2 Å². The van der Waals surface area contributed by atoms with E-state index in [4.69, 9.17) is 0 Å². The summed E-state index contributed by atoms with van der Waals surface area (Å²) in [4.78, 5) is 16.9. The smallest absolute Gasteiger partial charge is 0.234 e. The first-order chi connectivity index (χ1) is 10.2. The molecule has 5 heteroatoms. The van der Waals surface area contributed by atoms with Crippen molar-refractivity contribution < 1.29 is 4.79 Å². The van der Waals surface area contributed by atoms with E-state index in [0.29, 0.717) is 13.1 Å². The minimum atomic E-state index is 0.0516. The van der Waals surface area contributed by atoms with Crippen LogP contribution in [0.5, 0.6) is 0 Å². The van der Waals surface area contributed by atoms with Crippen molar-refractivity contribution >= 4 is 16.8 Å². The zero-order chi connectivity index (χ0) is 15.1. The Bertz CT molecular complexity index is 576. The molecule has 1 aromatic carbocycles. The quantitative estimate of drug-likeness (QED) is 0.635. The molecule has 2 aromatic rings. The number of likely N-dealkylation sites (N-methyl/N-ethyl adjacent to an activating group) is 1. The molecule has 0 radical (unpaired) electrons. The van der Waals surface area contributed by atoms with Crippen LogP contribution in [0.1, 0.15) is 5.56 Å². The second-order valence-corrected chi connectivity index (χ2v) is 5.44. The Labute approximate surface area is 125 Å². The highest BCUT2D eigenvalue weighted by Crippen LogP contribution is 2.17. The van der Waals surface area contributed by atoms with Crippen LogP contribution in [-0.2, 0) is 11.2 Å². The maximum absolute atomic E-state index is 11.6. The third-order valence-corrected chi connectivity index (χ3v) is 3.41. The highest BCUT2D eigenvalue weighted by molar-refractivity contribution is 5.83. The molecule has 1 aromatic heterocycles. The van der Waals surface area contributed by atoms with E-state index < -0.39 is 0 Å². The molecule has 0 aliphatic carbocycles. The first-order valence-electron chi connectivity index (χ1n) is 7.34. The number of hydrogen-bond donors (Lipinski definition) is 3. The second kappa shape index (κ2) is 7.81. The Hall–Kier alpha value is -1.85. The van der Waals surface area contributed by atoms with E-state index >= 15 is 0 Å². The molecule has 114 valence electrons. The molecule has 0 saturated carbocycles. The van der Waals surface area contributed by atoms with E-state index in [9.17, 15) is 4.79 Å². The first kappa shape index (κ1) is 15.5. The maximum atomic E-state index is 11.6. The van der Waals surface area contributed by atoms with Gasteiger partial charge in [-0.05, 0) is 38.7 Å². The average Bonchev–Trinajstić information content (AvgIpc) is 2.86. The van der Waals surface area contributed by atoms with E-state index in [1.54, 1.807) is 0 Å². The van der Waals surface area contributed by atoms with Gasteiger partial charge < -0.3 is 20.5 Å². The largest absolute Gasteiger partial charge is 0.361 e. The molecular formula is C16H24N4O. The minimum Gasteiger partial charge on any atom is -0.361 e. The molecule has 0 aliphatic heterocycles. The van der Waals surface area contributed by atoms with E-state index in [-0.39, 0.29) is 5.91 Å². The van der Waals surface area contributed by atoms with Gasteiger partial charge in [-0.25, -0.2) is 0 Å². The SMILES string of the molecule is CN(C)CCNC(=O)CNCCc1c[nH]c2ccccc12. The second-order valence-electron chi connectivity index (χ2n) is 5.44. The van der Waals surface area contributed by atoms with Crippen molar-refractivity contribution in [2.75, 3.05) is 40.3 Å². The van der Waals surface area contributed by atoms with Crippen molar-refractivity contribution in [3.05, 3.63) is 36.0 Å². The van der Waals surface area contributed by atoms with Crippen LogP contribution >= 0.6 is 0 Å². The highest BCUT2D eigenvalue weighted by Gasteiger charge is 2.03. The van der Waals surface area contributed by atoms with Crippen molar-refractivity contribution in [2.24, 2.45) is 0 Å². The van der Waals surface area contributed by atoms with Crippen LogP contribution in [-0.4, -0.2) is 56.1 Å². The number of hydrogen-bond acceptors (Lipinski definition) is 3. The summed E-state index contributed by atoms with van der Waals surface area (Å²) in [7, 11) is 3.98. The Morgan fingerprint density at radius 1 is 1.24 bits per heavy atom. The predicted octanol–water partition coefficient (Wildman–Crippen LogP) is 0.978. The highest BCUT2D eigenvalue weighted by atomic mass is 16.1. The fraction of sp³-hybridized carbons (Fsp3) is 0.438. The van der Waals surface area contributed by atoms with Gasteiger partial charge in [-0.3, -0.25) is 4.79 Å². The molecule has 0 unspecified atom stereocenters. The third kappa shape index (κ3) is 4.88. The van der Waals surface area contributed by atoms with Crippen molar-refractivity contribution in [3.8, 4) is 0 Å². The summed E-state index contributed by atoms with van der Waals surface area (Å²) in [6.07, 6.45) is 2.96. The Morgan fingerprint density at radius 3 is 2.86 bits per heavy atom. The summed E-state index contributed by atoms with van der Waals surface area (Å²) < 4.78 is 0. The Balaban J connectivity index is 1.67. The van der Waals surface area contributed by atoms with Crippen LogP contribution in [0.25, 0.3) is 10.9 Å². The minimum absolute atomic E-state index is 0.0516. The number of benzene rings is 1. The molecule has 1 amide bonds. The van der Waals surface area contributed by atoms with Crippen molar-refractivity contribution in [1.29, 1.82) is 0 Å². The first-order valence-corrected chi connectivity index (χ1v) is 7.34. The zero-order valence-electron chi connectivity index (χ0n) is 12.8. The summed E-state index contributed by atoms with van der Waals surface area (Å²) in [6.45, 7) is 2.72. The molecule has 21 heavy (non-hydrogen) atoms. The van der Waals surface area contributed by atoms with Gasteiger partial charge in [-0.1, -0.05) is 18.2 Å². The fourth-order valence-corrected chi connectivity index (χ4v) is 2.24. The number of carbonyl (C=O) groups is 1. The van der Waals surface area contributed by atoms with Gasteiger partial charge in [0.2, 0.25) is 5.91 Å². The van der Waals surface area contributed by atoms with Crippen LogP contribution in [0.4, 0.5) is 0 Å². The molecule has 1 heterocycles. The number of aromatic nitrogens is 1. The lowest BCUT2D eigenvalue weighted by atomic mass is 10.1. The van der Waals surface area contributed by atoms with Gasteiger partial charge in [-0.15, -0.1) is 0 Å². The number of H-pyrrole nitrogens is 1. The van der Waals surface area contributed by atoms with E-state index in [1.165, 1.54) is 10.9 Å². The molecule has 0 spiro atoms. The molecule has 0 atom stereocenters. The third-order valence-electron chi connectivity index (χ3n) is 3.41. The lowest BCUT2D eigenvalue weighted by Gasteiger charge is -2.10. The van der Waals surface area contributed by atoms with Gasteiger partial charge in [0.15, 0.2) is 0 Å². The summed E-state index contributed by atoms with van der Waals surface area (Å²) >= 11 is 0. The number of fused-ring (bicyclic) bond motifs is 1. The summed E-state index contributed by atoms with van der Waals surface area (Å²) in [5.41, 5.74) is 2.44. The summed E-state index contributed by atoms with van der Waals surface area (Å²) in [5.74, 6) is 0.0516. The van der Waals surface area contributed by atoms with Crippen LogP contribution in [0.2, 0.25) is 0 Å². The number of rotatable bonds is 8. The Morgan fingerprint density at radius 2 is 2.05 bits per heavy atom. The molecule has 0 aliphatic rings. The molecule has 0 bridgehead atoms. The lowest BCUT2D eigenvalue weighted by Crippen LogP contribution is -2.37. The van der Waals surface area contributed by atoms with E-state index in [2.05, 4.69) is 27.8 Å². The van der Waals surface area contributed by atoms with E-state index in [1.807, 2.05) is 37.3 Å². The molecule has 0 saturated heterocycles. The monoisotopic (exact) mass is 288 g/mol. The van der Waals surface area contributed by atoms with Crippen molar-refractivity contribution in [3.63, 3.8) is 0 Å². The normalized spacial score (nSPS) is 11.2. The number of nitrogens with one attached hydrogen (secondary N) is 3. The number of amides is 1. The number of nitrogens with zero attached hydrogens (tertiary/aromatic N) is 1. The molecule has 0 fully saturated rings. The Kier molecular flexibility index (Phi) is 5.78. The number of aromatic amines is 1. The zero-order valence-corrected chi connectivity index (χ0v) is 12.8.